The lowest BCUT2D eigenvalue weighted by Crippen LogP contribution is -2.50. The van der Waals surface area contributed by atoms with Crippen molar-refractivity contribution in [1.29, 1.82) is 0 Å². The molecule has 0 bridgehead atoms. The highest BCUT2D eigenvalue weighted by atomic mass is 16.7. The van der Waals surface area contributed by atoms with Crippen molar-refractivity contribution in [2.75, 3.05) is 6.54 Å². The summed E-state index contributed by atoms with van der Waals surface area (Å²) in [6.45, 7) is 10.1. The highest BCUT2D eigenvalue weighted by molar-refractivity contribution is 5.83. The normalized spacial score (nSPS) is 24.7. The van der Waals surface area contributed by atoms with Gasteiger partial charge >= 0.3 is 6.03 Å². The Labute approximate surface area is 96.6 Å². The first-order valence-corrected chi connectivity index (χ1v) is 5.48. The average Bonchev–Trinajstić information content (AvgIpc) is 2.41. The molecule has 92 valence electrons. The summed E-state index contributed by atoms with van der Waals surface area (Å²) < 4.78 is 0. The molecule has 16 heavy (non-hydrogen) atoms. The maximum Gasteiger partial charge on any atom is 0.315 e. The monoisotopic (exact) mass is 227 g/mol. The Morgan fingerprint density at radius 2 is 2.19 bits per heavy atom. The number of oxime groups is 1. The summed E-state index contributed by atoms with van der Waals surface area (Å²) in [6, 6.07) is -0.179. The van der Waals surface area contributed by atoms with Gasteiger partial charge in [-0.2, -0.15) is 0 Å². The zero-order valence-electron chi connectivity index (χ0n) is 10.7. The lowest BCUT2D eigenvalue weighted by Gasteiger charge is -2.25. The average molecular weight is 227 g/mol. The predicted molar refractivity (Wildman–Crippen MR) is 63.5 cm³/mol. The summed E-state index contributed by atoms with van der Waals surface area (Å²) in [7, 11) is 0. The molecule has 0 spiro atoms. The Morgan fingerprint density at radius 1 is 1.56 bits per heavy atom. The SMILES string of the molecule is CC1=NOC(C)(CNC(=O)NC(C)(C)C)C1. The fourth-order valence-electron chi connectivity index (χ4n) is 1.54. The van der Waals surface area contributed by atoms with Gasteiger partial charge in [0.05, 0.1) is 12.3 Å². The standard InChI is InChI=1S/C11H21N3O2/c1-8-6-11(5,16-14-8)7-12-9(15)13-10(2,3)4/h6-7H2,1-5H3,(H2,12,13,15). The number of hydrogen-bond acceptors (Lipinski definition) is 3. The number of carbonyl (C=O) groups is 1. The first kappa shape index (κ1) is 12.8. The van der Waals surface area contributed by atoms with Gasteiger partial charge in [-0.15, -0.1) is 0 Å². The van der Waals surface area contributed by atoms with E-state index in [9.17, 15) is 4.79 Å². The Hall–Kier alpha value is -1.26. The van der Waals surface area contributed by atoms with E-state index in [1.807, 2.05) is 34.6 Å². The van der Waals surface area contributed by atoms with Crippen molar-refractivity contribution in [3.8, 4) is 0 Å². The van der Waals surface area contributed by atoms with E-state index >= 15 is 0 Å². The Kier molecular flexibility index (Phi) is 3.45. The summed E-state index contributed by atoms with van der Waals surface area (Å²) in [5.74, 6) is 0. The van der Waals surface area contributed by atoms with Crippen LogP contribution in [0.2, 0.25) is 0 Å². The minimum atomic E-state index is -0.403. The van der Waals surface area contributed by atoms with Crippen LogP contribution in [0.4, 0.5) is 4.79 Å². The van der Waals surface area contributed by atoms with Crippen LogP contribution in [-0.2, 0) is 4.84 Å². The van der Waals surface area contributed by atoms with Gasteiger partial charge in [0.15, 0.2) is 5.60 Å². The van der Waals surface area contributed by atoms with Crippen molar-refractivity contribution in [2.45, 2.75) is 52.2 Å². The molecule has 5 heteroatoms. The molecule has 0 aromatic rings. The summed E-state index contributed by atoms with van der Waals surface area (Å²) in [4.78, 5) is 16.8. The van der Waals surface area contributed by atoms with E-state index in [1.54, 1.807) is 0 Å². The molecule has 1 atom stereocenters. The number of hydrogen-bond donors (Lipinski definition) is 2. The van der Waals surface area contributed by atoms with Crippen molar-refractivity contribution < 1.29 is 9.63 Å². The number of urea groups is 1. The van der Waals surface area contributed by atoms with Crippen LogP contribution >= 0.6 is 0 Å². The van der Waals surface area contributed by atoms with E-state index in [-0.39, 0.29) is 11.6 Å². The fourth-order valence-corrected chi connectivity index (χ4v) is 1.54. The van der Waals surface area contributed by atoms with Crippen molar-refractivity contribution >= 4 is 11.7 Å². The maximum absolute atomic E-state index is 11.5. The molecule has 1 heterocycles. The van der Waals surface area contributed by atoms with E-state index in [2.05, 4.69) is 15.8 Å². The molecule has 1 rings (SSSR count). The molecule has 1 unspecified atom stereocenters. The van der Waals surface area contributed by atoms with Gasteiger partial charge in [0, 0.05) is 12.0 Å². The lowest BCUT2D eigenvalue weighted by atomic mass is 10.0. The van der Waals surface area contributed by atoms with Crippen molar-refractivity contribution in [3.05, 3.63) is 0 Å². The maximum atomic E-state index is 11.5. The van der Waals surface area contributed by atoms with Gasteiger partial charge in [-0.05, 0) is 34.6 Å². The van der Waals surface area contributed by atoms with Crippen LogP contribution in [0.5, 0.6) is 0 Å². The summed E-state index contributed by atoms with van der Waals surface area (Å²) in [6.07, 6.45) is 0.753. The van der Waals surface area contributed by atoms with Gasteiger partial charge in [-0.3, -0.25) is 0 Å². The number of nitrogens with one attached hydrogen (secondary N) is 2. The van der Waals surface area contributed by atoms with Gasteiger partial charge < -0.3 is 15.5 Å². The quantitative estimate of drug-likeness (QED) is 0.753. The van der Waals surface area contributed by atoms with Gasteiger partial charge in [-0.25, -0.2) is 4.79 Å². The molecule has 1 aliphatic heterocycles. The first-order chi connectivity index (χ1) is 7.20. The molecular formula is C11H21N3O2. The first-order valence-electron chi connectivity index (χ1n) is 5.48. The van der Waals surface area contributed by atoms with E-state index in [0.29, 0.717) is 6.54 Å². The second-order valence-electron chi connectivity index (χ2n) is 5.60. The van der Waals surface area contributed by atoms with Gasteiger partial charge in [-0.1, -0.05) is 5.16 Å². The van der Waals surface area contributed by atoms with Crippen molar-refractivity contribution in [2.24, 2.45) is 5.16 Å². The van der Waals surface area contributed by atoms with Crippen LogP contribution in [0, 0.1) is 0 Å². The Morgan fingerprint density at radius 3 is 2.62 bits per heavy atom. The van der Waals surface area contributed by atoms with E-state index < -0.39 is 5.60 Å². The second-order valence-corrected chi connectivity index (χ2v) is 5.60. The van der Waals surface area contributed by atoms with Crippen LogP contribution in [-0.4, -0.2) is 29.4 Å². The number of amides is 2. The van der Waals surface area contributed by atoms with Crippen molar-refractivity contribution in [1.82, 2.24) is 10.6 Å². The fraction of sp³-hybridized carbons (Fsp3) is 0.818. The molecule has 0 fully saturated rings. The second kappa shape index (κ2) is 4.31. The van der Waals surface area contributed by atoms with E-state index in [4.69, 9.17) is 4.84 Å². The molecular weight excluding hydrogens is 206 g/mol. The molecule has 0 radical (unpaired) electrons. The summed E-state index contributed by atoms with van der Waals surface area (Å²) >= 11 is 0. The minimum absolute atomic E-state index is 0.179. The van der Waals surface area contributed by atoms with Crippen LogP contribution in [0.25, 0.3) is 0 Å². The molecule has 0 aliphatic carbocycles. The molecule has 1 aliphatic rings. The summed E-state index contributed by atoms with van der Waals surface area (Å²) in [5.41, 5.74) is 0.327. The topological polar surface area (TPSA) is 62.7 Å². The van der Waals surface area contributed by atoms with Crippen molar-refractivity contribution in [3.63, 3.8) is 0 Å². The third-order valence-corrected chi connectivity index (χ3v) is 2.16. The third-order valence-electron chi connectivity index (χ3n) is 2.16. The van der Waals surface area contributed by atoms with Gasteiger partial charge in [0.2, 0.25) is 0 Å². The molecule has 0 saturated heterocycles. The highest BCUT2D eigenvalue weighted by Crippen LogP contribution is 2.22. The van der Waals surface area contributed by atoms with E-state index in [0.717, 1.165) is 12.1 Å². The minimum Gasteiger partial charge on any atom is -0.387 e. The number of carbonyl (C=O) groups excluding carboxylic acids is 1. The third kappa shape index (κ3) is 4.08. The molecule has 0 aromatic heterocycles. The molecule has 2 amide bonds. The van der Waals surface area contributed by atoms with Gasteiger partial charge in [0.25, 0.3) is 0 Å². The molecule has 0 aromatic carbocycles. The highest BCUT2D eigenvalue weighted by Gasteiger charge is 2.33. The molecule has 0 saturated carbocycles. The summed E-state index contributed by atoms with van der Waals surface area (Å²) in [5, 5.41) is 9.51. The predicted octanol–water partition coefficient (Wildman–Crippen LogP) is 1.64. The van der Waals surface area contributed by atoms with Crippen LogP contribution in [0.3, 0.4) is 0 Å². The Balaban J connectivity index is 2.33. The van der Waals surface area contributed by atoms with Gasteiger partial charge in [0.1, 0.15) is 0 Å². The lowest BCUT2D eigenvalue weighted by molar-refractivity contribution is -0.000505. The number of rotatable bonds is 2. The smallest absolute Gasteiger partial charge is 0.315 e. The van der Waals surface area contributed by atoms with E-state index in [1.165, 1.54) is 0 Å². The van der Waals surface area contributed by atoms with Crippen LogP contribution < -0.4 is 10.6 Å². The molecule has 5 nitrogen and oxygen atoms in total. The Bertz CT molecular complexity index is 307. The zero-order chi connectivity index (χ0) is 12.4. The largest absolute Gasteiger partial charge is 0.387 e. The molecule has 2 N–H and O–H groups in total. The van der Waals surface area contributed by atoms with Crippen LogP contribution in [0.15, 0.2) is 5.16 Å². The van der Waals surface area contributed by atoms with Crippen LogP contribution in [0.1, 0.15) is 41.0 Å². The number of nitrogens with zero attached hydrogens (tertiary/aromatic N) is 1. The zero-order valence-corrected chi connectivity index (χ0v) is 10.7.